The summed E-state index contributed by atoms with van der Waals surface area (Å²) in [7, 11) is 0. The van der Waals surface area contributed by atoms with Crippen LogP contribution in [0, 0.1) is 5.41 Å². The molecular formula is C11H19NO2. The fourth-order valence-corrected chi connectivity index (χ4v) is 2.19. The Hall–Kier alpha value is -0.990. The maximum Gasteiger partial charge on any atom is 0.329 e. The molecule has 1 aliphatic rings. The first-order valence-corrected chi connectivity index (χ1v) is 5.31. The zero-order valence-corrected chi connectivity index (χ0v) is 8.75. The fourth-order valence-electron chi connectivity index (χ4n) is 2.19. The van der Waals surface area contributed by atoms with Crippen LogP contribution in [0.4, 0.5) is 0 Å². The van der Waals surface area contributed by atoms with Crippen LogP contribution in [0.2, 0.25) is 0 Å². The summed E-state index contributed by atoms with van der Waals surface area (Å²) in [6, 6.07) is 0. The van der Waals surface area contributed by atoms with E-state index in [4.69, 9.17) is 5.11 Å². The van der Waals surface area contributed by atoms with E-state index in [-0.39, 0.29) is 0 Å². The third kappa shape index (κ3) is 3.05. The van der Waals surface area contributed by atoms with Crippen LogP contribution < -0.4 is 5.32 Å². The average Bonchev–Trinajstić information content (AvgIpc) is 2.62. The van der Waals surface area contributed by atoms with Gasteiger partial charge in [-0.25, -0.2) is 4.79 Å². The minimum absolute atomic E-state index is 0.419. The molecule has 0 spiro atoms. The fraction of sp³-hybridized carbons (Fsp3) is 0.727. The second-order valence-corrected chi connectivity index (χ2v) is 4.11. The number of rotatable bonds is 5. The third-order valence-corrected chi connectivity index (χ3v) is 3.24. The van der Waals surface area contributed by atoms with E-state index in [1.807, 2.05) is 0 Å². The first-order chi connectivity index (χ1) is 6.68. The van der Waals surface area contributed by atoms with Crippen molar-refractivity contribution in [1.82, 2.24) is 5.32 Å². The standard InChI is InChI=1S/C11H19NO2/c1-2-11(6-3-4-7-11)9-12-8-5-10(13)14/h5,8,12H,2-4,6-7,9H2,1H3,(H,13,14)/b8-5+. The van der Waals surface area contributed by atoms with Gasteiger partial charge in [0.25, 0.3) is 0 Å². The second-order valence-electron chi connectivity index (χ2n) is 4.11. The van der Waals surface area contributed by atoms with Gasteiger partial charge in [0.15, 0.2) is 0 Å². The molecule has 14 heavy (non-hydrogen) atoms. The molecule has 80 valence electrons. The zero-order chi connectivity index (χ0) is 10.4. The predicted octanol–water partition coefficient (Wildman–Crippen LogP) is 2.14. The van der Waals surface area contributed by atoms with Crippen LogP contribution in [0.15, 0.2) is 12.3 Å². The zero-order valence-electron chi connectivity index (χ0n) is 8.75. The Morgan fingerprint density at radius 2 is 2.14 bits per heavy atom. The minimum atomic E-state index is -0.894. The summed E-state index contributed by atoms with van der Waals surface area (Å²) in [4.78, 5) is 10.2. The van der Waals surface area contributed by atoms with Crippen LogP contribution in [0.25, 0.3) is 0 Å². The molecule has 3 heteroatoms. The summed E-state index contributed by atoms with van der Waals surface area (Å²) in [5.41, 5.74) is 0.419. The maximum absolute atomic E-state index is 10.2. The van der Waals surface area contributed by atoms with Gasteiger partial charge < -0.3 is 10.4 Å². The highest BCUT2D eigenvalue weighted by atomic mass is 16.4. The van der Waals surface area contributed by atoms with Gasteiger partial charge in [-0.3, -0.25) is 0 Å². The molecule has 1 rings (SSSR count). The van der Waals surface area contributed by atoms with Gasteiger partial charge in [0.1, 0.15) is 0 Å². The Morgan fingerprint density at radius 1 is 1.50 bits per heavy atom. The van der Waals surface area contributed by atoms with E-state index >= 15 is 0 Å². The summed E-state index contributed by atoms with van der Waals surface area (Å²) >= 11 is 0. The van der Waals surface area contributed by atoms with E-state index in [1.54, 1.807) is 0 Å². The molecule has 1 aliphatic carbocycles. The summed E-state index contributed by atoms with van der Waals surface area (Å²) in [6.45, 7) is 3.13. The van der Waals surface area contributed by atoms with Gasteiger partial charge in [-0.2, -0.15) is 0 Å². The summed E-state index contributed by atoms with van der Waals surface area (Å²) in [5.74, 6) is -0.894. The van der Waals surface area contributed by atoms with Gasteiger partial charge in [0.2, 0.25) is 0 Å². The van der Waals surface area contributed by atoms with Crippen LogP contribution in [0.5, 0.6) is 0 Å². The molecule has 0 atom stereocenters. The lowest BCUT2D eigenvalue weighted by Gasteiger charge is -2.27. The minimum Gasteiger partial charge on any atom is -0.478 e. The number of hydrogen-bond acceptors (Lipinski definition) is 2. The molecule has 0 bridgehead atoms. The Labute approximate surface area is 85.2 Å². The highest BCUT2D eigenvalue weighted by molar-refractivity contribution is 5.79. The van der Waals surface area contributed by atoms with E-state index in [1.165, 1.54) is 38.3 Å². The van der Waals surface area contributed by atoms with Crippen LogP contribution in [-0.4, -0.2) is 17.6 Å². The molecule has 1 fully saturated rings. The van der Waals surface area contributed by atoms with Crippen molar-refractivity contribution in [3.05, 3.63) is 12.3 Å². The largest absolute Gasteiger partial charge is 0.478 e. The normalized spacial score (nSPS) is 20.1. The number of hydrogen-bond donors (Lipinski definition) is 2. The van der Waals surface area contributed by atoms with Gasteiger partial charge in [-0.1, -0.05) is 19.8 Å². The van der Waals surface area contributed by atoms with Crippen molar-refractivity contribution in [1.29, 1.82) is 0 Å². The van der Waals surface area contributed by atoms with E-state index in [9.17, 15) is 4.79 Å². The average molecular weight is 197 g/mol. The molecule has 0 radical (unpaired) electrons. The quantitative estimate of drug-likeness (QED) is 0.664. The van der Waals surface area contributed by atoms with Gasteiger partial charge in [0.05, 0.1) is 0 Å². The Bertz CT molecular complexity index is 217. The number of nitrogens with one attached hydrogen (secondary N) is 1. The van der Waals surface area contributed by atoms with E-state index in [0.29, 0.717) is 5.41 Å². The van der Waals surface area contributed by atoms with Crippen molar-refractivity contribution >= 4 is 5.97 Å². The lowest BCUT2D eigenvalue weighted by Crippen LogP contribution is -2.28. The molecule has 0 amide bonds. The summed E-state index contributed by atoms with van der Waals surface area (Å²) < 4.78 is 0. The molecule has 2 N–H and O–H groups in total. The smallest absolute Gasteiger partial charge is 0.329 e. The molecule has 0 saturated heterocycles. The van der Waals surface area contributed by atoms with Crippen molar-refractivity contribution in [2.24, 2.45) is 5.41 Å². The summed E-state index contributed by atoms with van der Waals surface area (Å²) in [6.07, 6.45) is 9.06. The van der Waals surface area contributed by atoms with Crippen molar-refractivity contribution in [3.8, 4) is 0 Å². The first-order valence-electron chi connectivity index (χ1n) is 5.31. The Kier molecular flexibility index (Phi) is 3.98. The first kappa shape index (κ1) is 11.1. The Morgan fingerprint density at radius 3 is 2.64 bits per heavy atom. The van der Waals surface area contributed by atoms with E-state index < -0.39 is 5.97 Å². The summed E-state index contributed by atoms with van der Waals surface area (Å²) in [5, 5.41) is 11.5. The topological polar surface area (TPSA) is 49.3 Å². The van der Waals surface area contributed by atoms with Gasteiger partial charge in [0, 0.05) is 18.8 Å². The van der Waals surface area contributed by atoms with Gasteiger partial charge in [-0.15, -0.1) is 0 Å². The maximum atomic E-state index is 10.2. The van der Waals surface area contributed by atoms with Crippen LogP contribution >= 0.6 is 0 Å². The van der Waals surface area contributed by atoms with Gasteiger partial charge >= 0.3 is 5.97 Å². The van der Waals surface area contributed by atoms with E-state index in [0.717, 1.165) is 12.6 Å². The molecule has 0 aromatic carbocycles. The van der Waals surface area contributed by atoms with Crippen molar-refractivity contribution in [3.63, 3.8) is 0 Å². The molecule has 0 aromatic heterocycles. The molecule has 0 aromatic rings. The molecule has 0 aliphatic heterocycles. The molecule has 1 saturated carbocycles. The number of carbonyl (C=O) groups is 1. The lowest BCUT2D eigenvalue weighted by atomic mass is 9.83. The number of carboxylic acids is 1. The van der Waals surface area contributed by atoms with Crippen LogP contribution in [0.3, 0.4) is 0 Å². The third-order valence-electron chi connectivity index (χ3n) is 3.24. The van der Waals surface area contributed by atoms with Gasteiger partial charge in [-0.05, 0) is 24.7 Å². The highest BCUT2D eigenvalue weighted by Crippen LogP contribution is 2.40. The predicted molar refractivity (Wildman–Crippen MR) is 56.0 cm³/mol. The van der Waals surface area contributed by atoms with E-state index in [2.05, 4.69) is 12.2 Å². The Balaban J connectivity index is 2.31. The molecule has 0 unspecified atom stereocenters. The molecule has 3 nitrogen and oxygen atoms in total. The monoisotopic (exact) mass is 197 g/mol. The molecule has 0 heterocycles. The number of aliphatic carboxylic acids is 1. The van der Waals surface area contributed by atoms with Crippen LogP contribution in [0.1, 0.15) is 39.0 Å². The van der Waals surface area contributed by atoms with Crippen LogP contribution in [-0.2, 0) is 4.79 Å². The molecular weight excluding hydrogens is 178 g/mol. The second kappa shape index (κ2) is 5.03. The highest BCUT2D eigenvalue weighted by Gasteiger charge is 2.31. The van der Waals surface area contributed by atoms with Crippen molar-refractivity contribution < 1.29 is 9.90 Å². The van der Waals surface area contributed by atoms with Crippen molar-refractivity contribution in [2.75, 3.05) is 6.54 Å². The lowest BCUT2D eigenvalue weighted by molar-refractivity contribution is -0.131. The number of carboxylic acid groups (broad SMARTS) is 1. The SMILES string of the molecule is CCC1(CN/C=C/C(=O)O)CCCC1. The van der Waals surface area contributed by atoms with Crippen molar-refractivity contribution in [2.45, 2.75) is 39.0 Å².